The lowest BCUT2D eigenvalue weighted by Gasteiger charge is -2.24. The minimum Gasteiger partial charge on any atom is -0.322 e. The highest BCUT2D eigenvalue weighted by molar-refractivity contribution is 7.93. The predicted molar refractivity (Wildman–Crippen MR) is 132 cm³/mol. The SMILES string of the molecule is C=CCN(c1ccccc1Cl)S(=O)(=O)c1cc(C(=O)Nc2cc(C)ccc2C)ccc1Cl. The molecule has 0 aliphatic heterocycles. The number of nitrogens with one attached hydrogen (secondary N) is 1. The summed E-state index contributed by atoms with van der Waals surface area (Å²) in [5.74, 6) is -0.445. The number of halogens is 2. The molecule has 0 aromatic heterocycles. The second-order valence-corrected chi connectivity index (χ2v) is 9.84. The lowest BCUT2D eigenvalue weighted by molar-refractivity contribution is 0.102. The van der Waals surface area contributed by atoms with Gasteiger partial charge in [0.2, 0.25) is 0 Å². The van der Waals surface area contributed by atoms with E-state index in [9.17, 15) is 13.2 Å². The van der Waals surface area contributed by atoms with Crippen LogP contribution in [0, 0.1) is 13.8 Å². The third-order valence-electron chi connectivity index (χ3n) is 4.82. The maximum atomic E-state index is 13.5. The summed E-state index contributed by atoms with van der Waals surface area (Å²) < 4.78 is 28.2. The van der Waals surface area contributed by atoms with Crippen molar-refractivity contribution in [1.29, 1.82) is 0 Å². The van der Waals surface area contributed by atoms with Gasteiger partial charge in [0.15, 0.2) is 0 Å². The molecule has 0 aliphatic carbocycles. The van der Waals surface area contributed by atoms with E-state index in [1.807, 2.05) is 32.0 Å². The smallest absolute Gasteiger partial charge is 0.266 e. The molecule has 1 amide bonds. The van der Waals surface area contributed by atoms with Crippen molar-refractivity contribution in [2.75, 3.05) is 16.2 Å². The monoisotopic (exact) mass is 488 g/mol. The zero-order valence-electron chi connectivity index (χ0n) is 17.6. The van der Waals surface area contributed by atoms with Gasteiger partial charge in [-0.2, -0.15) is 0 Å². The van der Waals surface area contributed by atoms with Crippen molar-refractivity contribution in [3.05, 3.63) is 100 Å². The van der Waals surface area contributed by atoms with Crippen LogP contribution in [0.15, 0.2) is 78.2 Å². The number of hydrogen-bond acceptors (Lipinski definition) is 3. The molecule has 3 aromatic rings. The normalized spacial score (nSPS) is 11.1. The van der Waals surface area contributed by atoms with Gasteiger partial charge in [-0.05, 0) is 61.4 Å². The van der Waals surface area contributed by atoms with Crippen LogP contribution in [0.1, 0.15) is 21.5 Å². The van der Waals surface area contributed by atoms with Crippen LogP contribution in [0.25, 0.3) is 0 Å². The van der Waals surface area contributed by atoms with E-state index in [0.717, 1.165) is 15.4 Å². The molecule has 3 aromatic carbocycles. The van der Waals surface area contributed by atoms with Gasteiger partial charge < -0.3 is 5.32 Å². The summed E-state index contributed by atoms with van der Waals surface area (Å²) in [4.78, 5) is 12.7. The maximum Gasteiger partial charge on any atom is 0.266 e. The summed E-state index contributed by atoms with van der Waals surface area (Å²) in [6, 6.07) is 16.4. The van der Waals surface area contributed by atoms with Gasteiger partial charge in [0.1, 0.15) is 4.90 Å². The van der Waals surface area contributed by atoms with Gasteiger partial charge in [-0.15, -0.1) is 6.58 Å². The third-order valence-corrected chi connectivity index (χ3v) is 7.40. The molecule has 0 saturated heterocycles. The molecule has 0 spiro atoms. The van der Waals surface area contributed by atoms with Crippen molar-refractivity contribution in [1.82, 2.24) is 0 Å². The topological polar surface area (TPSA) is 66.5 Å². The summed E-state index contributed by atoms with van der Waals surface area (Å²) in [5.41, 5.74) is 2.98. The predicted octanol–water partition coefficient (Wildman–Crippen LogP) is 6.24. The first kappa shape index (κ1) is 23.9. The number of carbonyl (C=O) groups excluding carboxylic acids is 1. The van der Waals surface area contributed by atoms with Crippen molar-refractivity contribution in [3.63, 3.8) is 0 Å². The summed E-state index contributed by atoms with van der Waals surface area (Å²) in [5, 5.41) is 3.09. The van der Waals surface area contributed by atoms with Crippen LogP contribution < -0.4 is 9.62 Å². The van der Waals surface area contributed by atoms with Gasteiger partial charge in [-0.3, -0.25) is 9.10 Å². The number of sulfonamides is 1. The summed E-state index contributed by atoms with van der Waals surface area (Å²) in [6.07, 6.45) is 1.45. The number of nitrogens with zero attached hydrogens (tertiary/aromatic N) is 1. The van der Waals surface area contributed by atoms with Gasteiger partial charge in [-0.1, -0.05) is 53.5 Å². The third kappa shape index (κ3) is 4.99. The Morgan fingerprint density at radius 2 is 1.75 bits per heavy atom. The summed E-state index contributed by atoms with van der Waals surface area (Å²) in [6.45, 7) is 7.42. The average Bonchev–Trinajstić information content (AvgIpc) is 2.75. The molecule has 0 fully saturated rings. The second kappa shape index (κ2) is 9.77. The molecule has 166 valence electrons. The van der Waals surface area contributed by atoms with Crippen molar-refractivity contribution in [2.45, 2.75) is 18.7 Å². The Kier molecular flexibility index (Phi) is 7.29. The van der Waals surface area contributed by atoms with Crippen LogP contribution in [0.5, 0.6) is 0 Å². The quantitative estimate of drug-likeness (QED) is 0.400. The highest BCUT2D eigenvalue weighted by atomic mass is 35.5. The van der Waals surface area contributed by atoms with Crippen LogP contribution >= 0.6 is 23.2 Å². The maximum absolute atomic E-state index is 13.5. The molecule has 32 heavy (non-hydrogen) atoms. The van der Waals surface area contributed by atoms with Crippen molar-refractivity contribution >= 4 is 50.5 Å². The molecule has 5 nitrogen and oxygen atoms in total. The lowest BCUT2D eigenvalue weighted by Crippen LogP contribution is -2.32. The number of aryl methyl sites for hydroxylation is 2. The number of benzene rings is 3. The standard InChI is InChI=1S/C24H22Cl2N2O3S/c1-4-13-28(22-8-6-5-7-19(22)25)32(30,31)23-15-18(11-12-20(23)26)24(29)27-21-14-16(2)9-10-17(21)3/h4-12,14-15H,1,13H2,2-3H3,(H,27,29). The fourth-order valence-corrected chi connectivity index (χ4v) is 5.37. The van der Waals surface area contributed by atoms with Crippen LogP contribution in [0.4, 0.5) is 11.4 Å². The molecule has 0 atom stereocenters. The Morgan fingerprint density at radius 3 is 2.44 bits per heavy atom. The number of rotatable bonds is 7. The highest BCUT2D eigenvalue weighted by Crippen LogP contribution is 2.33. The number of anilines is 2. The Labute approximate surface area is 198 Å². The van der Waals surface area contributed by atoms with E-state index in [-0.39, 0.29) is 32.7 Å². The van der Waals surface area contributed by atoms with Gasteiger partial charge in [0, 0.05) is 11.3 Å². The van der Waals surface area contributed by atoms with Gasteiger partial charge >= 0.3 is 0 Å². The molecule has 0 saturated carbocycles. The van der Waals surface area contributed by atoms with Crippen molar-refractivity contribution in [3.8, 4) is 0 Å². The first-order chi connectivity index (χ1) is 15.1. The first-order valence-corrected chi connectivity index (χ1v) is 11.9. The van der Waals surface area contributed by atoms with E-state index in [4.69, 9.17) is 23.2 Å². The van der Waals surface area contributed by atoms with Crippen LogP contribution in [0.2, 0.25) is 10.0 Å². The second-order valence-electron chi connectivity index (χ2n) is 7.19. The van der Waals surface area contributed by atoms with E-state index >= 15 is 0 Å². The Hall–Kier alpha value is -2.80. The first-order valence-electron chi connectivity index (χ1n) is 9.71. The van der Waals surface area contributed by atoms with E-state index in [0.29, 0.717) is 5.69 Å². The van der Waals surface area contributed by atoms with E-state index in [1.54, 1.807) is 24.3 Å². The molecule has 1 N–H and O–H groups in total. The van der Waals surface area contributed by atoms with Crippen molar-refractivity contribution < 1.29 is 13.2 Å². The van der Waals surface area contributed by atoms with Crippen LogP contribution in [-0.2, 0) is 10.0 Å². The number of hydrogen-bond donors (Lipinski definition) is 1. The molecule has 0 heterocycles. The molecular formula is C24H22Cl2N2O3S. The number of para-hydroxylation sites is 1. The number of carbonyl (C=O) groups is 1. The van der Waals surface area contributed by atoms with E-state index in [1.165, 1.54) is 24.3 Å². The van der Waals surface area contributed by atoms with Gasteiger partial charge in [0.05, 0.1) is 22.3 Å². The Bertz CT molecular complexity index is 1290. The Balaban J connectivity index is 2.03. The van der Waals surface area contributed by atoms with E-state index in [2.05, 4.69) is 11.9 Å². The minimum atomic E-state index is -4.15. The Morgan fingerprint density at radius 1 is 1.03 bits per heavy atom. The number of amides is 1. The van der Waals surface area contributed by atoms with Crippen molar-refractivity contribution in [2.24, 2.45) is 0 Å². The zero-order chi connectivity index (χ0) is 23.5. The highest BCUT2D eigenvalue weighted by Gasteiger charge is 2.28. The molecule has 0 radical (unpaired) electrons. The molecule has 0 unspecified atom stereocenters. The average molecular weight is 489 g/mol. The zero-order valence-corrected chi connectivity index (χ0v) is 19.9. The van der Waals surface area contributed by atoms with E-state index < -0.39 is 15.9 Å². The summed E-state index contributed by atoms with van der Waals surface area (Å²) in [7, 11) is -4.15. The molecule has 3 rings (SSSR count). The molecular weight excluding hydrogens is 467 g/mol. The summed E-state index contributed by atoms with van der Waals surface area (Å²) >= 11 is 12.5. The van der Waals surface area contributed by atoms with Crippen LogP contribution in [-0.4, -0.2) is 20.9 Å². The molecule has 0 aliphatic rings. The lowest BCUT2D eigenvalue weighted by atomic mass is 10.1. The minimum absolute atomic E-state index is 0.00518. The van der Waals surface area contributed by atoms with Gasteiger partial charge in [-0.25, -0.2) is 8.42 Å². The van der Waals surface area contributed by atoms with Gasteiger partial charge in [0.25, 0.3) is 15.9 Å². The molecule has 0 bridgehead atoms. The fraction of sp³-hybridized carbons (Fsp3) is 0.125. The molecule has 8 heteroatoms. The fourth-order valence-electron chi connectivity index (χ4n) is 3.12. The largest absolute Gasteiger partial charge is 0.322 e. The van der Waals surface area contributed by atoms with Crippen LogP contribution in [0.3, 0.4) is 0 Å².